The highest BCUT2D eigenvalue weighted by Crippen LogP contribution is 2.11. The zero-order chi connectivity index (χ0) is 11.0. The van der Waals surface area contributed by atoms with Gasteiger partial charge in [-0.3, -0.25) is 4.79 Å². The zero-order valence-corrected chi connectivity index (χ0v) is 9.42. The Hall–Kier alpha value is -0.260. The first-order chi connectivity index (χ1) is 6.61. The van der Waals surface area contributed by atoms with Crippen LogP contribution in [0.5, 0.6) is 0 Å². The number of thioether (sulfide) groups is 1. The third kappa shape index (κ3) is 6.23. The summed E-state index contributed by atoms with van der Waals surface area (Å²) in [6.45, 7) is 3.72. The van der Waals surface area contributed by atoms with Crippen molar-refractivity contribution in [3.05, 3.63) is 0 Å². The van der Waals surface area contributed by atoms with Crippen LogP contribution < -0.4 is 0 Å². The van der Waals surface area contributed by atoms with Crippen molar-refractivity contribution in [2.75, 3.05) is 24.7 Å². The van der Waals surface area contributed by atoms with Crippen LogP contribution >= 0.6 is 11.8 Å². The maximum absolute atomic E-state index is 11.1. The molecule has 0 aliphatic heterocycles. The smallest absolute Gasteiger partial charge is 0.309 e. The second-order valence-electron chi connectivity index (χ2n) is 3.03. The molecule has 0 aliphatic rings. The Morgan fingerprint density at radius 1 is 1.50 bits per heavy atom. The minimum Gasteiger partial charge on any atom is -0.466 e. The quantitative estimate of drug-likeness (QED) is 0.605. The summed E-state index contributed by atoms with van der Waals surface area (Å²) in [6.07, 6.45) is -0.700. The van der Waals surface area contributed by atoms with Crippen LogP contribution in [0.2, 0.25) is 0 Å². The number of ether oxygens (including phenoxy) is 1. The lowest BCUT2D eigenvalue weighted by molar-refractivity contribution is -0.146. The molecule has 0 fully saturated rings. The standard InChI is InChI=1S/C9H18O4S/c1-3-13-9(12)7(2)5-14-6-8(11)4-10/h7-8,10-11H,3-6H2,1-2H3. The second-order valence-corrected chi connectivity index (χ2v) is 4.10. The Labute approximate surface area is 88.6 Å². The monoisotopic (exact) mass is 222 g/mol. The molecule has 2 N–H and O–H groups in total. The lowest BCUT2D eigenvalue weighted by Crippen LogP contribution is -2.19. The van der Waals surface area contributed by atoms with Gasteiger partial charge in [0, 0.05) is 11.5 Å². The van der Waals surface area contributed by atoms with Gasteiger partial charge in [0.25, 0.3) is 0 Å². The molecule has 0 aromatic heterocycles. The van der Waals surface area contributed by atoms with Crippen LogP contribution in [0, 0.1) is 5.92 Å². The van der Waals surface area contributed by atoms with E-state index in [2.05, 4.69) is 0 Å². The van der Waals surface area contributed by atoms with Crippen molar-refractivity contribution in [2.45, 2.75) is 20.0 Å². The Balaban J connectivity index is 3.52. The molecule has 0 saturated heterocycles. The lowest BCUT2D eigenvalue weighted by Gasteiger charge is -2.11. The summed E-state index contributed by atoms with van der Waals surface area (Å²) >= 11 is 1.44. The molecule has 0 amide bonds. The molecular weight excluding hydrogens is 204 g/mol. The van der Waals surface area contributed by atoms with E-state index in [1.165, 1.54) is 11.8 Å². The molecule has 14 heavy (non-hydrogen) atoms. The van der Waals surface area contributed by atoms with Crippen LogP contribution in [0.25, 0.3) is 0 Å². The number of aliphatic hydroxyl groups is 2. The summed E-state index contributed by atoms with van der Waals surface area (Å²) < 4.78 is 4.82. The van der Waals surface area contributed by atoms with Gasteiger partial charge in [-0.1, -0.05) is 6.92 Å². The summed E-state index contributed by atoms with van der Waals surface area (Å²) in [7, 11) is 0. The van der Waals surface area contributed by atoms with E-state index in [4.69, 9.17) is 14.9 Å². The highest BCUT2D eigenvalue weighted by Gasteiger charge is 2.14. The lowest BCUT2D eigenvalue weighted by atomic mass is 10.2. The second kappa shape index (κ2) is 8.08. The van der Waals surface area contributed by atoms with Gasteiger partial charge in [0.05, 0.1) is 25.2 Å². The van der Waals surface area contributed by atoms with E-state index in [0.29, 0.717) is 18.1 Å². The van der Waals surface area contributed by atoms with Gasteiger partial charge in [0.2, 0.25) is 0 Å². The molecule has 0 aliphatic carbocycles. The highest BCUT2D eigenvalue weighted by atomic mass is 32.2. The summed E-state index contributed by atoms with van der Waals surface area (Å²) in [5, 5.41) is 17.6. The van der Waals surface area contributed by atoms with Crippen LogP contribution in [-0.4, -0.2) is 47.0 Å². The number of rotatable bonds is 7. The fourth-order valence-corrected chi connectivity index (χ4v) is 1.79. The Morgan fingerprint density at radius 3 is 2.64 bits per heavy atom. The van der Waals surface area contributed by atoms with Crippen LogP contribution in [-0.2, 0) is 9.53 Å². The molecule has 4 nitrogen and oxygen atoms in total. The minimum absolute atomic E-state index is 0.161. The first kappa shape index (κ1) is 13.7. The number of esters is 1. The number of aliphatic hydroxyl groups excluding tert-OH is 2. The number of hydrogen-bond donors (Lipinski definition) is 2. The SMILES string of the molecule is CCOC(=O)C(C)CSCC(O)CO. The van der Waals surface area contributed by atoms with Crippen LogP contribution in [0.3, 0.4) is 0 Å². The van der Waals surface area contributed by atoms with E-state index in [1.807, 2.05) is 0 Å². The molecule has 0 saturated carbocycles. The van der Waals surface area contributed by atoms with Gasteiger partial charge in [-0.15, -0.1) is 0 Å². The van der Waals surface area contributed by atoms with Crippen molar-refractivity contribution in [2.24, 2.45) is 5.92 Å². The van der Waals surface area contributed by atoms with Crippen LogP contribution in [0.15, 0.2) is 0 Å². The maximum atomic E-state index is 11.1. The number of hydrogen-bond acceptors (Lipinski definition) is 5. The van der Waals surface area contributed by atoms with Crippen molar-refractivity contribution < 1.29 is 19.7 Å². The van der Waals surface area contributed by atoms with E-state index in [1.54, 1.807) is 13.8 Å². The van der Waals surface area contributed by atoms with Gasteiger partial charge in [-0.25, -0.2) is 0 Å². The van der Waals surface area contributed by atoms with E-state index >= 15 is 0 Å². The molecule has 84 valence electrons. The van der Waals surface area contributed by atoms with Gasteiger partial charge in [0.1, 0.15) is 0 Å². The zero-order valence-electron chi connectivity index (χ0n) is 8.60. The summed E-state index contributed by atoms with van der Waals surface area (Å²) in [5.41, 5.74) is 0. The average Bonchev–Trinajstić information content (AvgIpc) is 2.17. The van der Waals surface area contributed by atoms with Crippen molar-refractivity contribution in [1.82, 2.24) is 0 Å². The van der Waals surface area contributed by atoms with Gasteiger partial charge in [-0.2, -0.15) is 11.8 Å². The number of carbonyl (C=O) groups excluding carboxylic acids is 1. The molecule has 0 rings (SSSR count). The van der Waals surface area contributed by atoms with Crippen molar-refractivity contribution >= 4 is 17.7 Å². The molecule has 0 bridgehead atoms. The highest BCUT2D eigenvalue weighted by molar-refractivity contribution is 7.99. The van der Waals surface area contributed by atoms with Crippen molar-refractivity contribution in [1.29, 1.82) is 0 Å². The van der Waals surface area contributed by atoms with Gasteiger partial charge in [-0.05, 0) is 6.92 Å². The first-order valence-corrected chi connectivity index (χ1v) is 5.80. The maximum Gasteiger partial charge on any atom is 0.309 e. The molecule has 0 aromatic carbocycles. The summed E-state index contributed by atoms with van der Waals surface area (Å²) in [5.74, 6) is 0.681. The number of carbonyl (C=O) groups is 1. The van der Waals surface area contributed by atoms with E-state index < -0.39 is 6.10 Å². The fraction of sp³-hybridized carbons (Fsp3) is 0.889. The van der Waals surface area contributed by atoms with Crippen LogP contribution in [0.4, 0.5) is 0 Å². The molecule has 2 atom stereocenters. The molecule has 0 aromatic rings. The molecule has 2 unspecified atom stereocenters. The largest absolute Gasteiger partial charge is 0.466 e. The van der Waals surface area contributed by atoms with Gasteiger partial charge >= 0.3 is 5.97 Å². The Kier molecular flexibility index (Phi) is 7.93. The average molecular weight is 222 g/mol. The molecular formula is C9H18O4S. The Morgan fingerprint density at radius 2 is 2.14 bits per heavy atom. The van der Waals surface area contributed by atoms with Gasteiger partial charge in [0.15, 0.2) is 0 Å². The predicted octanol–water partition coefficient (Wildman–Crippen LogP) is 0.272. The summed E-state index contributed by atoms with van der Waals surface area (Å²) in [6, 6.07) is 0. The molecule has 0 spiro atoms. The fourth-order valence-electron chi connectivity index (χ4n) is 0.786. The van der Waals surface area contributed by atoms with E-state index in [-0.39, 0.29) is 18.5 Å². The molecule has 5 heteroatoms. The van der Waals surface area contributed by atoms with Crippen LogP contribution in [0.1, 0.15) is 13.8 Å². The topological polar surface area (TPSA) is 66.8 Å². The van der Waals surface area contributed by atoms with E-state index in [0.717, 1.165) is 0 Å². The normalized spacial score (nSPS) is 14.9. The predicted molar refractivity (Wildman–Crippen MR) is 56.2 cm³/mol. The van der Waals surface area contributed by atoms with Crippen molar-refractivity contribution in [3.8, 4) is 0 Å². The third-order valence-electron chi connectivity index (χ3n) is 1.58. The van der Waals surface area contributed by atoms with Crippen molar-refractivity contribution in [3.63, 3.8) is 0 Å². The Bertz CT molecular complexity index is 163. The third-order valence-corrected chi connectivity index (χ3v) is 2.93. The minimum atomic E-state index is -0.700. The molecule has 0 heterocycles. The molecule has 0 radical (unpaired) electrons. The summed E-state index contributed by atoms with van der Waals surface area (Å²) in [4.78, 5) is 11.1. The van der Waals surface area contributed by atoms with E-state index in [9.17, 15) is 4.79 Å². The van der Waals surface area contributed by atoms with Gasteiger partial charge < -0.3 is 14.9 Å². The first-order valence-electron chi connectivity index (χ1n) is 4.65.